The smallest absolute Gasteiger partial charge is 0.177 e. The summed E-state index contributed by atoms with van der Waals surface area (Å²) in [5.74, 6) is 0. The van der Waals surface area contributed by atoms with Gasteiger partial charge in [0.1, 0.15) is 36.4 Å². The molecule has 1 aromatic heterocycles. The molecule has 0 saturated heterocycles. The Kier molecular flexibility index (Phi) is 4.97. The molecular formula is C34H10N8. The molecule has 0 fully saturated rings. The van der Waals surface area contributed by atoms with Crippen LogP contribution in [0, 0.1) is 68.0 Å². The molecule has 8 nitrogen and oxygen atoms in total. The maximum absolute atomic E-state index is 10.1. The summed E-state index contributed by atoms with van der Waals surface area (Å²) in [5.41, 5.74) is 0.0958. The molecule has 0 radical (unpaired) electrons. The molecule has 0 unspecified atom stereocenters. The van der Waals surface area contributed by atoms with Crippen molar-refractivity contribution in [2.75, 3.05) is 0 Å². The van der Waals surface area contributed by atoms with Crippen molar-refractivity contribution < 1.29 is 0 Å². The summed E-state index contributed by atoms with van der Waals surface area (Å²) in [6.07, 6.45) is 0. The Morgan fingerprint density at radius 3 is 1.29 bits per heavy atom. The first kappa shape index (κ1) is 24.0. The first-order valence-electron chi connectivity index (χ1n) is 12.5. The summed E-state index contributed by atoms with van der Waals surface area (Å²) >= 11 is 0. The zero-order valence-electron chi connectivity index (χ0n) is 21.4. The van der Waals surface area contributed by atoms with Crippen LogP contribution in [0.15, 0.2) is 60.7 Å². The lowest BCUT2D eigenvalue weighted by molar-refractivity contribution is 1.21. The van der Waals surface area contributed by atoms with E-state index in [1.165, 1.54) is 0 Å². The summed E-state index contributed by atoms with van der Waals surface area (Å²) in [7, 11) is 0. The van der Waals surface area contributed by atoms with E-state index < -0.39 is 0 Å². The normalized spacial score (nSPS) is 10.7. The predicted molar refractivity (Wildman–Crippen MR) is 155 cm³/mol. The molecule has 0 spiro atoms. The van der Waals surface area contributed by atoms with Crippen molar-refractivity contribution in [3.05, 3.63) is 94.3 Å². The minimum absolute atomic E-state index is 0.00748. The van der Waals surface area contributed by atoms with E-state index in [0.29, 0.717) is 38.0 Å². The number of aromatic nitrogens is 2. The van der Waals surface area contributed by atoms with Crippen LogP contribution >= 0.6 is 0 Å². The maximum Gasteiger partial charge on any atom is 0.177 e. The summed E-state index contributed by atoms with van der Waals surface area (Å²) < 4.78 is 0. The van der Waals surface area contributed by atoms with Crippen LogP contribution in [0.1, 0.15) is 33.6 Å². The summed E-state index contributed by atoms with van der Waals surface area (Å²) in [5, 5.41) is 66.6. The van der Waals surface area contributed by atoms with Gasteiger partial charge in [-0.15, -0.1) is 0 Å². The number of nitrogens with zero attached hydrogens (tertiary/aromatic N) is 8. The van der Waals surface area contributed by atoms with Gasteiger partial charge in [-0.25, -0.2) is 9.97 Å². The molecule has 7 aromatic rings. The highest BCUT2D eigenvalue weighted by Gasteiger charge is 2.24. The van der Waals surface area contributed by atoms with Gasteiger partial charge in [0.2, 0.25) is 0 Å². The largest absolute Gasteiger partial charge is 0.232 e. The molecular weight excluding hydrogens is 520 g/mol. The Balaban J connectivity index is 1.93. The molecule has 0 aliphatic heterocycles. The molecule has 0 aliphatic carbocycles. The van der Waals surface area contributed by atoms with Crippen LogP contribution in [-0.2, 0) is 0 Å². The van der Waals surface area contributed by atoms with Gasteiger partial charge in [0, 0.05) is 26.9 Å². The monoisotopic (exact) mass is 530 g/mol. The van der Waals surface area contributed by atoms with Crippen LogP contribution < -0.4 is 0 Å². The van der Waals surface area contributed by atoms with Crippen molar-refractivity contribution in [1.29, 1.82) is 31.6 Å². The van der Waals surface area contributed by atoms with Crippen molar-refractivity contribution in [1.82, 2.24) is 9.97 Å². The molecule has 0 N–H and O–H groups in total. The number of benzene rings is 6. The van der Waals surface area contributed by atoms with E-state index in [9.17, 15) is 31.6 Å². The minimum Gasteiger partial charge on any atom is -0.232 e. The van der Waals surface area contributed by atoms with Crippen LogP contribution in [0.3, 0.4) is 0 Å². The molecule has 1 heterocycles. The second-order valence-electron chi connectivity index (χ2n) is 9.57. The molecule has 0 atom stereocenters. The van der Waals surface area contributed by atoms with E-state index in [-0.39, 0.29) is 33.6 Å². The third-order valence-corrected chi connectivity index (χ3v) is 7.70. The Morgan fingerprint density at radius 2 is 0.810 bits per heavy atom. The number of rotatable bonds is 0. The highest BCUT2D eigenvalue weighted by Crippen LogP contribution is 2.45. The SMILES string of the molecule is N#Cc1nc2c3cc4c(C#N)c(C#N)c(C#N)c(C#N)c4cc3c3c4ccccc4c4ccccc4c3c2nc1C#N. The van der Waals surface area contributed by atoms with Crippen molar-refractivity contribution in [3.63, 3.8) is 0 Å². The Morgan fingerprint density at radius 1 is 0.381 bits per heavy atom. The molecule has 0 saturated carbocycles. The highest BCUT2D eigenvalue weighted by molar-refractivity contribution is 6.39. The van der Waals surface area contributed by atoms with E-state index in [0.717, 1.165) is 26.9 Å². The molecule has 42 heavy (non-hydrogen) atoms. The van der Waals surface area contributed by atoms with Gasteiger partial charge in [-0.05, 0) is 39.1 Å². The zero-order chi connectivity index (χ0) is 29.1. The van der Waals surface area contributed by atoms with Crippen LogP contribution in [0.2, 0.25) is 0 Å². The van der Waals surface area contributed by atoms with E-state index in [1.54, 1.807) is 12.1 Å². The van der Waals surface area contributed by atoms with E-state index in [2.05, 4.69) is 16.0 Å². The lowest BCUT2D eigenvalue weighted by Crippen LogP contribution is -2.00. The molecule has 0 bridgehead atoms. The lowest BCUT2D eigenvalue weighted by Gasteiger charge is -2.17. The van der Waals surface area contributed by atoms with Gasteiger partial charge in [0.15, 0.2) is 11.4 Å². The van der Waals surface area contributed by atoms with E-state index in [4.69, 9.17) is 0 Å². The number of nitriles is 6. The van der Waals surface area contributed by atoms with Crippen LogP contribution in [0.4, 0.5) is 0 Å². The summed E-state index contributed by atoms with van der Waals surface area (Å²) in [6, 6.07) is 31.0. The minimum atomic E-state index is -0.180. The van der Waals surface area contributed by atoms with Gasteiger partial charge < -0.3 is 0 Å². The van der Waals surface area contributed by atoms with Crippen molar-refractivity contribution in [2.24, 2.45) is 0 Å². The van der Waals surface area contributed by atoms with E-state index in [1.807, 2.05) is 78.9 Å². The maximum atomic E-state index is 10.1. The van der Waals surface area contributed by atoms with Crippen molar-refractivity contribution in [3.8, 4) is 36.4 Å². The quantitative estimate of drug-likeness (QED) is 0.155. The molecule has 186 valence electrons. The van der Waals surface area contributed by atoms with Gasteiger partial charge in [-0.3, -0.25) is 0 Å². The fraction of sp³-hybridized carbons (Fsp3) is 0. The third kappa shape index (κ3) is 2.93. The fourth-order valence-corrected chi connectivity index (χ4v) is 6.01. The predicted octanol–water partition coefficient (Wildman–Crippen LogP) is 6.63. The number of fused-ring (bicyclic) bond motifs is 12. The van der Waals surface area contributed by atoms with Crippen LogP contribution in [0.5, 0.6) is 0 Å². The van der Waals surface area contributed by atoms with Crippen molar-refractivity contribution >= 4 is 64.9 Å². The van der Waals surface area contributed by atoms with Gasteiger partial charge in [-0.1, -0.05) is 48.5 Å². The first-order chi connectivity index (χ1) is 20.6. The Labute approximate surface area is 237 Å². The van der Waals surface area contributed by atoms with Gasteiger partial charge in [0.05, 0.1) is 33.3 Å². The zero-order valence-corrected chi connectivity index (χ0v) is 21.4. The topological polar surface area (TPSA) is 169 Å². The third-order valence-electron chi connectivity index (χ3n) is 7.70. The average Bonchev–Trinajstić information content (AvgIpc) is 3.05. The summed E-state index contributed by atoms with van der Waals surface area (Å²) in [6.45, 7) is 0. The molecule has 0 amide bonds. The lowest BCUT2D eigenvalue weighted by atomic mass is 9.85. The Hall–Kier alpha value is -7.10. The fourth-order valence-electron chi connectivity index (χ4n) is 6.01. The standard InChI is InChI=1S/C34H10N8/c35-11-25-21-9-23-24(10-22(21)26(12-36)28(14-38)27(25)13-37)33-34(42-30(16-40)29(15-39)41-33)32-20-8-4-2-6-18(20)17-5-1-3-7-19(17)31(23)32/h1-10H. The molecule has 0 aliphatic rings. The van der Waals surface area contributed by atoms with Gasteiger partial charge in [-0.2, -0.15) is 31.6 Å². The van der Waals surface area contributed by atoms with Crippen LogP contribution in [0.25, 0.3) is 64.9 Å². The second kappa shape index (κ2) is 8.71. The first-order valence-corrected chi connectivity index (χ1v) is 12.5. The second-order valence-corrected chi connectivity index (χ2v) is 9.57. The average molecular weight is 531 g/mol. The van der Waals surface area contributed by atoms with Crippen molar-refractivity contribution in [2.45, 2.75) is 0 Å². The number of hydrogen-bond donors (Lipinski definition) is 0. The highest BCUT2D eigenvalue weighted by atomic mass is 14.8. The van der Waals surface area contributed by atoms with Gasteiger partial charge >= 0.3 is 0 Å². The Bertz CT molecular complexity index is 2700. The van der Waals surface area contributed by atoms with Gasteiger partial charge in [0.25, 0.3) is 0 Å². The van der Waals surface area contributed by atoms with Crippen LogP contribution in [-0.4, -0.2) is 9.97 Å². The molecule has 8 heteroatoms. The number of hydrogen-bond acceptors (Lipinski definition) is 8. The molecule has 7 rings (SSSR count). The van der Waals surface area contributed by atoms with E-state index >= 15 is 0 Å². The molecule has 6 aromatic carbocycles. The summed E-state index contributed by atoms with van der Waals surface area (Å²) in [4.78, 5) is 9.26.